The summed E-state index contributed by atoms with van der Waals surface area (Å²) in [6.45, 7) is 10.2. The second kappa shape index (κ2) is 43.2. The van der Waals surface area contributed by atoms with E-state index in [1.54, 1.807) is 0 Å². The number of unbranched alkanes of at least 4 members (excludes halogenated alkanes) is 38. The molecule has 0 aliphatic carbocycles. The Morgan fingerprint density at radius 2 is 0.557 bits per heavy atom. The highest BCUT2D eigenvalue weighted by atomic mass is 15.1. The molecule has 1 heterocycles. The molecular weight excluding hydrogens is 737 g/mol. The quantitative estimate of drug-likeness (QED) is 0.0476. The lowest BCUT2D eigenvalue weighted by Gasteiger charge is -2.25. The Balaban J connectivity index is 1.56. The molecule has 0 spiro atoms. The fraction of sp³-hybridized carbons (Fsp3) is 0.780. The van der Waals surface area contributed by atoms with Gasteiger partial charge in [-0.3, -0.25) is 0 Å². The van der Waals surface area contributed by atoms with Crippen molar-refractivity contribution in [3.8, 4) is 0 Å². The minimum absolute atomic E-state index is 1.01. The van der Waals surface area contributed by atoms with Gasteiger partial charge in [0.1, 0.15) is 6.54 Å². The maximum Gasteiger partial charge on any atom is 0.169 e. The maximum absolute atomic E-state index is 2.71. The summed E-state index contributed by atoms with van der Waals surface area (Å²) >= 11 is 0. The molecule has 1 aromatic carbocycles. The summed E-state index contributed by atoms with van der Waals surface area (Å²) in [5.74, 6) is 0. The predicted octanol–water partition coefficient (Wildman–Crippen LogP) is 19.6. The van der Waals surface area contributed by atoms with Gasteiger partial charge in [-0.1, -0.05) is 282 Å². The molecule has 2 aromatic rings. The largest absolute Gasteiger partial charge is 0.372 e. The van der Waals surface area contributed by atoms with Crippen LogP contribution in [0, 0.1) is 0 Å². The molecule has 0 saturated carbocycles. The first kappa shape index (κ1) is 55.0. The second-order valence-corrected chi connectivity index (χ2v) is 19.3. The Bertz CT molecular complexity index is 1140. The summed E-state index contributed by atoms with van der Waals surface area (Å²) in [5, 5.41) is 0. The van der Waals surface area contributed by atoms with E-state index in [1.807, 2.05) is 0 Å². The van der Waals surface area contributed by atoms with E-state index in [-0.39, 0.29) is 0 Å². The minimum atomic E-state index is 1.01. The van der Waals surface area contributed by atoms with Gasteiger partial charge in [0, 0.05) is 30.9 Å². The summed E-state index contributed by atoms with van der Waals surface area (Å²) in [5.41, 5.74) is 3.96. The van der Waals surface area contributed by atoms with Crippen LogP contribution < -0.4 is 9.47 Å². The lowest BCUT2D eigenvalue weighted by Crippen LogP contribution is -2.30. The molecule has 0 radical (unpaired) electrons. The van der Waals surface area contributed by atoms with Crippen LogP contribution in [0.3, 0.4) is 0 Å². The molecule has 0 bridgehead atoms. The van der Waals surface area contributed by atoms with Crippen molar-refractivity contribution in [2.45, 2.75) is 284 Å². The van der Waals surface area contributed by atoms with Gasteiger partial charge in [0.15, 0.2) is 12.4 Å². The SMILES string of the molecule is CCCCCCCCCCCCCCCCCCCCCCN(CCCCCCCCCCCCCCCCCCCCCC)c1ccc(/C=C/c2cc[n+](CC)cc2)cc1. The van der Waals surface area contributed by atoms with Gasteiger partial charge in [0.2, 0.25) is 0 Å². The van der Waals surface area contributed by atoms with E-state index in [0.29, 0.717) is 0 Å². The van der Waals surface area contributed by atoms with Crippen LogP contribution in [0.5, 0.6) is 0 Å². The van der Waals surface area contributed by atoms with Gasteiger partial charge >= 0.3 is 0 Å². The molecule has 2 heteroatoms. The zero-order valence-electron chi connectivity index (χ0n) is 41.6. The van der Waals surface area contributed by atoms with Gasteiger partial charge in [-0.25, -0.2) is 4.57 Å². The number of benzene rings is 1. The van der Waals surface area contributed by atoms with Crippen molar-refractivity contribution in [3.63, 3.8) is 0 Å². The second-order valence-electron chi connectivity index (χ2n) is 19.3. The smallest absolute Gasteiger partial charge is 0.169 e. The molecule has 1 aromatic heterocycles. The Labute approximate surface area is 383 Å². The number of pyridine rings is 1. The molecule has 2 nitrogen and oxygen atoms in total. The summed E-state index contributed by atoms with van der Waals surface area (Å²) in [4.78, 5) is 2.71. The molecule has 0 N–H and O–H groups in total. The van der Waals surface area contributed by atoms with Crippen LogP contribution in [0.2, 0.25) is 0 Å². The van der Waals surface area contributed by atoms with E-state index in [4.69, 9.17) is 0 Å². The summed E-state index contributed by atoms with van der Waals surface area (Å²) in [6.07, 6.45) is 66.6. The molecule has 0 unspecified atom stereocenters. The molecule has 0 atom stereocenters. The van der Waals surface area contributed by atoms with E-state index >= 15 is 0 Å². The molecular formula is C59H105N2+. The first-order valence-electron chi connectivity index (χ1n) is 27.8. The topological polar surface area (TPSA) is 7.12 Å². The third-order valence-corrected chi connectivity index (χ3v) is 13.6. The standard InChI is InChI=1S/C59H105N2/c1-4-7-9-11-13-15-17-19-21-23-25-27-29-31-33-35-37-39-41-43-53-61(59-49-47-57(48-50-59)45-46-58-51-55-60(6-3)56-52-58)54-44-42-40-38-36-34-32-30-28-26-24-22-20-18-16-14-12-10-8-5-2/h45-52,55-56H,4-44,53-54H2,1-3H3/q+1. The number of hydrogen-bond acceptors (Lipinski definition) is 1. The van der Waals surface area contributed by atoms with E-state index in [0.717, 1.165) is 6.54 Å². The molecule has 2 rings (SSSR count). The fourth-order valence-electron chi connectivity index (χ4n) is 9.27. The third-order valence-electron chi connectivity index (χ3n) is 13.6. The van der Waals surface area contributed by atoms with E-state index < -0.39 is 0 Å². The number of aryl methyl sites for hydroxylation is 1. The van der Waals surface area contributed by atoms with Crippen molar-refractivity contribution in [2.24, 2.45) is 0 Å². The predicted molar refractivity (Wildman–Crippen MR) is 276 cm³/mol. The summed E-state index contributed by atoms with van der Waals surface area (Å²) < 4.78 is 2.21. The van der Waals surface area contributed by atoms with Crippen molar-refractivity contribution in [3.05, 3.63) is 59.9 Å². The Kier molecular flexibility index (Phi) is 39.0. The monoisotopic (exact) mass is 842 g/mol. The zero-order chi connectivity index (χ0) is 43.4. The first-order chi connectivity index (χ1) is 30.3. The Hall–Kier alpha value is -2.09. The normalized spacial score (nSPS) is 11.7. The van der Waals surface area contributed by atoms with Crippen LogP contribution in [-0.4, -0.2) is 13.1 Å². The van der Waals surface area contributed by atoms with Crippen LogP contribution in [0.25, 0.3) is 12.2 Å². The highest BCUT2D eigenvalue weighted by Gasteiger charge is 2.07. The van der Waals surface area contributed by atoms with Crippen LogP contribution in [0.1, 0.15) is 289 Å². The van der Waals surface area contributed by atoms with Crippen LogP contribution >= 0.6 is 0 Å². The Morgan fingerprint density at radius 3 is 0.820 bits per heavy atom. The van der Waals surface area contributed by atoms with E-state index in [9.17, 15) is 0 Å². The van der Waals surface area contributed by atoms with Crippen molar-refractivity contribution < 1.29 is 4.57 Å². The van der Waals surface area contributed by atoms with Gasteiger partial charge < -0.3 is 4.90 Å². The lowest BCUT2D eigenvalue weighted by atomic mass is 10.0. The number of hydrogen-bond donors (Lipinski definition) is 0. The zero-order valence-corrected chi connectivity index (χ0v) is 41.6. The van der Waals surface area contributed by atoms with Gasteiger partial charge in [-0.05, 0) is 43.0 Å². The average molecular weight is 843 g/mol. The van der Waals surface area contributed by atoms with Gasteiger partial charge in [-0.15, -0.1) is 0 Å². The Morgan fingerprint density at radius 1 is 0.311 bits per heavy atom. The first-order valence-corrected chi connectivity index (χ1v) is 27.8. The molecule has 0 fully saturated rings. The van der Waals surface area contributed by atoms with Crippen molar-refractivity contribution >= 4 is 17.8 Å². The molecule has 0 aliphatic heterocycles. The van der Waals surface area contributed by atoms with Gasteiger partial charge in [0.05, 0.1) is 0 Å². The average Bonchev–Trinajstić information content (AvgIpc) is 3.29. The van der Waals surface area contributed by atoms with Gasteiger partial charge in [-0.2, -0.15) is 0 Å². The molecule has 0 aliphatic rings. The van der Waals surface area contributed by atoms with Crippen molar-refractivity contribution in [1.82, 2.24) is 0 Å². The fourth-order valence-corrected chi connectivity index (χ4v) is 9.27. The van der Waals surface area contributed by atoms with E-state index in [2.05, 4.69) is 91.2 Å². The molecule has 350 valence electrons. The molecule has 0 amide bonds. The summed E-state index contributed by atoms with van der Waals surface area (Å²) in [6, 6.07) is 13.8. The van der Waals surface area contributed by atoms with Crippen LogP contribution in [0.4, 0.5) is 5.69 Å². The summed E-state index contributed by atoms with van der Waals surface area (Å²) in [7, 11) is 0. The van der Waals surface area contributed by atoms with E-state index in [1.165, 1.54) is 287 Å². The highest BCUT2D eigenvalue weighted by molar-refractivity contribution is 5.70. The minimum Gasteiger partial charge on any atom is -0.372 e. The molecule has 61 heavy (non-hydrogen) atoms. The van der Waals surface area contributed by atoms with Crippen molar-refractivity contribution in [1.29, 1.82) is 0 Å². The van der Waals surface area contributed by atoms with Crippen LogP contribution in [-0.2, 0) is 6.54 Å². The van der Waals surface area contributed by atoms with Crippen LogP contribution in [0.15, 0.2) is 48.8 Å². The van der Waals surface area contributed by atoms with Crippen molar-refractivity contribution in [2.75, 3.05) is 18.0 Å². The third kappa shape index (κ3) is 34.1. The number of nitrogens with zero attached hydrogens (tertiary/aromatic N) is 2. The van der Waals surface area contributed by atoms with Gasteiger partial charge in [0.25, 0.3) is 0 Å². The number of anilines is 1. The lowest BCUT2D eigenvalue weighted by molar-refractivity contribution is -0.693. The highest BCUT2D eigenvalue weighted by Crippen LogP contribution is 2.21. The number of aromatic nitrogens is 1. The molecule has 0 saturated heterocycles. The maximum atomic E-state index is 2.71. The number of rotatable bonds is 46.